The van der Waals surface area contributed by atoms with Crippen LogP contribution in [0.2, 0.25) is 10.0 Å². The molecular weight excluding hydrogens is 500 g/mol. The van der Waals surface area contributed by atoms with E-state index in [1.165, 1.54) is 24.3 Å². The van der Waals surface area contributed by atoms with Crippen LogP contribution < -0.4 is 5.32 Å². The average Bonchev–Trinajstić information content (AvgIpc) is 2.73. The Balaban J connectivity index is 1.84. The molecule has 0 unspecified atom stereocenters. The highest BCUT2D eigenvalue weighted by Crippen LogP contribution is 2.30. The van der Waals surface area contributed by atoms with E-state index in [0.717, 1.165) is 28.6 Å². The second-order valence-electron chi connectivity index (χ2n) is 6.98. The van der Waals surface area contributed by atoms with E-state index in [4.69, 9.17) is 23.2 Å². The Bertz CT molecular complexity index is 1230. The highest BCUT2D eigenvalue weighted by atomic mass is 35.5. The van der Waals surface area contributed by atoms with Gasteiger partial charge in [-0.2, -0.15) is 17.5 Å². The van der Waals surface area contributed by atoms with Gasteiger partial charge in [-0.3, -0.25) is 4.79 Å². The minimum absolute atomic E-state index is 0.0729. The molecule has 5 nitrogen and oxygen atoms in total. The minimum atomic E-state index is -4.51. The highest BCUT2D eigenvalue weighted by molar-refractivity contribution is 7.89. The number of carbonyl (C=O) groups is 1. The fourth-order valence-electron chi connectivity index (χ4n) is 2.92. The van der Waals surface area contributed by atoms with E-state index in [1.807, 2.05) is 0 Å². The van der Waals surface area contributed by atoms with Gasteiger partial charge in [0.2, 0.25) is 15.9 Å². The first kappa shape index (κ1) is 25.0. The summed E-state index contributed by atoms with van der Waals surface area (Å²) in [7, 11) is -4.12. The second kappa shape index (κ2) is 10.1. The molecule has 0 aromatic heterocycles. The molecular formula is C22H17Cl2F3N2O3S. The molecule has 0 bridgehead atoms. The number of benzene rings is 3. The van der Waals surface area contributed by atoms with Gasteiger partial charge < -0.3 is 5.32 Å². The molecule has 0 spiro atoms. The normalized spacial score (nSPS) is 12.1. The van der Waals surface area contributed by atoms with Crippen LogP contribution >= 0.6 is 23.2 Å². The van der Waals surface area contributed by atoms with Crippen molar-refractivity contribution in [2.75, 3.05) is 11.9 Å². The van der Waals surface area contributed by atoms with E-state index in [1.54, 1.807) is 24.3 Å². The molecule has 11 heteroatoms. The Morgan fingerprint density at radius 2 is 1.55 bits per heavy atom. The van der Waals surface area contributed by atoms with Crippen molar-refractivity contribution in [2.45, 2.75) is 17.6 Å². The maximum absolute atomic E-state index is 13.2. The summed E-state index contributed by atoms with van der Waals surface area (Å²) >= 11 is 11.8. The van der Waals surface area contributed by atoms with E-state index in [2.05, 4.69) is 5.32 Å². The van der Waals surface area contributed by atoms with Crippen LogP contribution in [0.15, 0.2) is 77.7 Å². The molecule has 0 aliphatic rings. The van der Waals surface area contributed by atoms with Gasteiger partial charge >= 0.3 is 6.18 Å². The largest absolute Gasteiger partial charge is 0.416 e. The van der Waals surface area contributed by atoms with Crippen molar-refractivity contribution in [3.8, 4) is 0 Å². The van der Waals surface area contributed by atoms with Crippen molar-refractivity contribution in [3.05, 3.63) is 94.0 Å². The lowest BCUT2D eigenvalue weighted by Crippen LogP contribution is -2.37. The van der Waals surface area contributed by atoms with Gasteiger partial charge in [-0.1, -0.05) is 35.3 Å². The SMILES string of the molecule is O=C(CN(Cc1cccc(Cl)c1)S(=O)(=O)c1ccc(Cl)cc1)Nc1ccc(C(F)(F)F)cc1. The first-order valence-electron chi connectivity index (χ1n) is 9.42. The van der Waals surface area contributed by atoms with E-state index >= 15 is 0 Å². The number of alkyl halides is 3. The Kier molecular flexibility index (Phi) is 7.69. The van der Waals surface area contributed by atoms with E-state index < -0.39 is 34.2 Å². The molecule has 33 heavy (non-hydrogen) atoms. The summed E-state index contributed by atoms with van der Waals surface area (Å²) in [5.41, 5.74) is -0.227. The third-order valence-corrected chi connectivity index (χ3v) is 6.81. The molecule has 0 radical (unpaired) electrons. The van der Waals surface area contributed by atoms with Gasteiger partial charge in [0.25, 0.3) is 0 Å². The number of nitrogens with zero attached hydrogens (tertiary/aromatic N) is 1. The van der Waals surface area contributed by atoms with Gasteiger partial charge in [0.15, 0.2) is 0 Å². The van der Waals surface area contributed by atoms with Gasteiger partial charge in [-0.15, -0.1) is 0 Å². The summed E-state index contributed by atoms with van der Waals surface area (Å²) < 4.78 is 65.6. The molecule has 0 aliphatic heterocycles. The molecule has 3 aromatic rings. The van der Waals surface area contributed by atoms with Crippen LogP contribution in [-0.4, -0.2) is 25.2 Å². The number of nitrogens with one attached hydrogen (secondary N) is 1. The number of amides is 1. The molecule has 0 saturated heterocycles. The molecule has 0 aliphatic carbocycles. The Morgan fingerprint density at radius 3 is 2.12 bits per heavy atom. The molecule has 1 N–H and O–H groups in total. The van der Waals surface area contributed by atoms with Gasteiger partial charge in [-0.05, 0) is 66.2 Å². The van der Waals surface area contributed by atoms with Crippen molar-refractivity contribution < 1.29 is 26.4 Å². The number of rotatable bonds is 7. The minimum Gasteiger partial charge on any atom is -0.325 e. The summed E-state index contributed by atoms with van der Waals surface area (Å²) in [6.07, 6.45) is -4.51. The molecule has 0 fully saturated rings. The summed E-state index contributed by atoms with van der Waals surface area (Å²) in [4.78, 5) is 12.5. The van der Waals surface area contributed by atoms with Crippen LogP contribution in [0.3, 0.4) is 0 Å². The fourth-order valence-corrected chi connectivity index (χ4v) is 4.65. The standard InChI is InChI=1S/C22H17Cl2F3N2O3S/c23-17-6-10-20(11-7-17)33(31,32)29(13-15-2-1-3-18(24)12-15)14-21(30)28-19-8-4-16(5-9-19)22(25,26)27/h1-12H,13-14H2,(H,28,30). The quantitative estimate of drug-likeness (QED) is 0.428. The third-order valence-electron chi connectivity index (χ3n) is 4.52. The fraction of sp³-hybridized carbons (Fsp3) is 0.136. The Labute approximate surface area is 198 Å². The summed E-state index contributed by atoms with van der Waals surface area (Å²) in [5.74, 6) is -0.727. The van der Waals surface area contributed by atoms with Crippen LogP contribution in [0, 0.1) is 0 Å². The van der Waals surface area contributed by atoms with Gasteiger partial charge in [0.05, 0.1) is 17.0 Å². The van der Waals surface area contributed by atoms with Crippen molar-refractivity contribution in [1.29, 1.82) is 0 Å². The van der Waals surface area contributed by atoms with E-state index in [9.17, 15) is 26.4 Å². The van der Waals surface area contributed by atoms with Crippen LogP contribution in [0.1, 0.15) is 11.1 Å². The topological polar surface area (TPSA) is 66.5 Å². The molecule has 3 rings (SSSR count). The van der Waals surface area contributed by atoms with Gasteiger partial charge in [-0.25, -0.2) is 8.42 Å². The van der Waals surface area contributed by atoms with Gasteiger partial charge in [0.1, 0.15) is 0 Å². The number of halogens is 5. The number of carbonyl (C=O) groups excluding carboxylic acids is 1. The summed E-state index contributed by atoms with van der Waals surface area (Å²) in [6.45, 7) is -0.746. The lowest BCUT2D eigenvalue weighted by Gasteiger charge is -2.22. The van der Waals surface area contributed by atoms with Crippen molar-refractivity contribution in [3.63, 3.8) is 0 Å². The summed E-state index contributed by atoms with van der Waals surface area (Å²) in [5, 5.41) is 3.16. The van der Waals surface area contributed by atoms with E-state index in [0.29, 0.717) is 15.6 Å². The maximum atomic E-state index is 13.2. The average molecular weight is 517 g/mol. The van der Waals surface area contributed by atoms with E-state index in [-0.39, 0.29) is 17.1 Å². The lowest BCUT2D eigenvalue weighted by atomic mass is 10.2. The second-order valence-corrected chi connectivity index (χ2v) is 9.79. The molecule has 0 heterocycles. The predicted molar refractivity (Wildman–Crippen MR) is 121 cm³/mol. The van der Waals surface area contributed by atoms with Crippen LogP contribution in [-0.2, 0) is 27.5 Å². The zero-order valence-electron chi connectivity index (χ0n) is 16.8. The number of anilines is 1. The molecule has 0 saturated carbocycles. The monoisotopic (exact) mass is 516 g/mol. The first-order valence-corrected chi connectivity index (χ1v) is 11.6. The number of hydrogen-bond acceptors (Lipinski definition) is 3. The number of sulfonamides is 1. The van der Waals surface area contributed by atoms with Crippen molar-refractivity contribution >= 4 is 44.8 Å². The third kappa shape index (κ3) is 6.70. The Morgan fingerprint density at radius 1 is 0.909 bits per heavy atom. The van der Waals surface area contributed by atoms with Gasteiger partial charge in [0, 0.05) is 22.3 Å². The predicted octanol–water partition coefficient (Wildman–Crippen LogP) is 5.84. The highest BCUT2D eigenvalue weighted by Gasteiger charge is 2.30. The Hall–Kier alpha value is -2.59. The first-order chi connectivity index (χ1) is 15.4. The van der Waals surface area contributed by atoms with Crippen LogP contribution in [0.5, 0.6) is 0 Å². The molecule has 3 aromatic carbocycles. The lowest BCUT2D eigenvalue weighted by molar-refractivity contribution is -0.137. The van der Waals surface area contributed by atoms with Crippen LogP contribution in [0.25, 0.3) is 0 Å². The zero-order valence-corrected chi connectivity index (χ0v) is 19.1. The zero-order chi connectivity index (χ0) is 24.2. The molecule has 0 atom stereocenters. The summed E-state index contributed by atoms with van der Waals surface area (Å²) in [6, 6.07) is 15.8. The smallest absolute Gasteiger partial charge is 0.325 e. The van der Waals surface area contributed by atoms with Crippen molar-refractivity contribution in [1.82, 2.24) is 4.31 Å². The van der Waals surface area contributed by atoms with Crippen LogP contribution in [0.4, 0.5) is 18.9 Å². The molecule has 174 valence electrons. The number of hydrogen-bond donors (Lipinski definition) is 1. The molecule has 1 amide bonds. The van der Waals surface area contributed by atoms with Crippen molar-refractivity contribution in [2.24, 2.45) is 0 Å². The maximum Gasteiger partial charge on any atom is 0.416 e.